The maximum atomic E-state index is 12.6. The Morgan fingerprint density at radius 3 is 3.09 bits per heavy atom. The van der Waals surface area contributed by atoms with E-state index in [0.717, 1.165) is 19.6 Å². The second-order valence-electron chi connectivity index (χ2n) is 5.23. The average molecular weight is 298 g/mol. The molecule has 6 heteroatoms. The minimum absolute atomic E-state index is 0.0265. The summed E-state index contributed by atoms with van der Waals surface area (Å²) in [7, 11) is 0. The van der Waals surface area contributed by atoms with Crippen LogP contribution < -0.4 is 10.1 Å². The lowest BCUT2D eigenvalue weighted by molar-refractivity contribution is 0.0655. The van der Waals surface area contributed by atoms with Crippen LogP contribution >= 0.6 is 0 Å². The smallest absolute Gasteiger partial charge is 0.254 e. The van der Waals surface area contributed by atoms with Gasteiger partial charge in [-0.2, -0.15) is 0 Å². The molecule has 22 heavy (non-hydrogen) atoms. The Balaban J connectivity index is 1.77. The number of ether oxygens (including phenoxy) is 1. The van der Waals surface area contributed by atoms with Gasteiger partial charge in [0.05, 0.1) is 6.20 Å². The van der Waals surface area contributed by atoms with E-state index in [1.54, 1.807) is 30.6 Å². The van der Waals surface area contributed by atoms with Gasteiger partial charge in [-0.15, -0.1) is 0 Å². The first-order valence-electron chi connectivity index (χ1n) is 7.29. The minimum Gasteiger partial charge on any atom is -0.437 e. The number of nitrogens with one attached hydrogen (secondary N) is 1. The van der Waals surface area contributed by atoms with Crippen molar-refractivity contribution in [2.45, 2.75) is 13.0 Å². The number of piperazine rings is 1. The summed E-state index contributed by atoms with van der Waals surface area (Å²) in [5.74, 6) is 1.01. The van der Waals surface area contributed by atoms with Crippen LogP contribution in [0, 0.1) is 0 Å². The van der Waals surface area contributed by atoms with E-state index in [1.165, 1.54) is 6.20 Å². The maximum absolute atomic E-state index is 12.6. The van der Waals surface area contributed by atoms with Gasteiger partial charge in [-0.3, -0.25) is 9.78 Å². The number of rotatable bonds is 3. The van der Waals surface area contributed by atoms with Crippen LogP contribution in [0.1, 0.15) is 17.3 Å². The highest BCUT2D eigenvalue weighted by atomic mass is 16.5. The molecule has 1 aromatic carbocycles. The fourth-order valence-electron chi connectivity index (χ4n) is 2.46. The number of benzene rings is 1. The molecule has 0 radical (unpaired) electrons. The summed E-state index contributed by atoms with van der Waals surface area (Å²) in [6.45, 7) is 4.41. The molecular formula is C16H18N4O2. The van der Waals surface area contributed by atoms with Crippen molar-refractivity contribution in [2.75, 3.05) is 19.6 Å². The second-order valence-corrected chi connectivity index (χ2v) is 5.23. The monoisotopic (exact) mass is 298 g/mol. The molecule has 1 saturated heterocycles. The first kappa shape index (κ1) is 14.5. The Hall–Kier alpha value is -2.47. The summed E-state index contributed by atoms with van der Waals surface area (Å²) in [6.07, 6.45) is 4.68. The van der Waals surface area contributed by atoms with E-state index in [-0.39, 0.29) is 11.9 Å². The van der Waals surface area contributed by atoms with Crippen LogP contribution in [-0.4, -0.2) is 46.5 Å². The second kappa shape index (κ2) is 6.53. The predicted octanol–water partition coefficient (Wildman–Crippen LogP) is 1.70. The lowest BCUT2D eigenvalue weighted by atomic mass is 10.1. The number of hydrogen-bond donors (Lipinski definition) is 1. The van der Waals surface area contributed by atoms with Crippen LogP contribution in [0.4, 0.5) is 0 Å². The number of nitrogens with zero attached hydrogens (tertiary/aromatic N) is 3. The van der Waals surface area contributed by atoms with E-state index in [9.17, 15) is 4.79 Å². The lowest BCUT2D eigenvalue weighted by Gasteiger charge is -2.34. The summed E-state index contributed by atoms with van der Waals surface area (Å²) < 4.78 is 5.63. The summed E-state index contributed by atoms with van der Waals surface area (Å²) in [6, 6.07) is 7.34. The normalized spacial score (nSPS) is 18.0. The molecule has 114 valence electrons. The zero-order valence-electron chi connectivity index (χ0n) is 12.4. The van der Waals surface area contributed by atoms with Crippen molar-refractivity contribution >= 4 is 5.91 Å². The van der Waals surface area contributed by atoms with Gasteiger partial charge in [-0.05, 0) is 25.1 Å². The molecule has 3 rings (SSSR count). The number of amides is 1. The maximum Gasteiger partial charge on any atom is 0.254 e. The van der Waals surface area contributed by atoms with Crippen molar-refractivity contribution in [1.29, 1.82) is 0 Å². The first-order valence-corrected chi connectivity index (χ1v) is 7.29. The number of carbonyl (C=O) groups is 1. The van der Waals surface area contributed by atoms with Gasteiger partial charge in [-0.1, -0.05) is 6.07 Å². The molecule has 1 fully saturated rings. The minimum atomic E-state index is 0.0265. The zero-order valence-corrected chi connectivity index (χ0v) is 12.4. The zero-order chi connectivity index (χ0) is 15.4. The van der Waals surface area contributed by atoms with Gasteiger partial charge in [-0.25, -0.2) is 4.98 Å². The van der Waals surface area contributed by atoms with Gasteiger partial charge >= 0.3 is 0 Å². The van der Waals surface area contributed by atoms with Crippen LogP contribution in [0.5, 0.6) is 11.6 Å². The van der Waals surface area contributed by atoms with Gasteiger partial charge in [0.2, 0.25) is 5.88 Å². The summed E-state index contributed by atoms with van der Waals surface area (Å²) >= 11 is 0. The molecule has 0 bridgehead atoms. The lowest BCUT2D eigenvalue weighted by Crippen LogP contribution is -2.52. The predicted molar refractivity (Wildman–Crippen MR) is 81.9 cm³/mol. The molecular weight excluding hydrogens is 280 g/mol. The van der Waals surface area contributed by atoms with Crippen LogP contribution in [-0.2, 0) is 0 Å². The fourth-order valence-corrected chi connectivity index (χ4v) is 2.46. The van der Waals surface area contributed by atoms with Crippen LogP contribution in [0.15, 0.2) is 42.9 Å². The van der Waals surface area contributed by atoms with E-state index in [1.807, 2.05) is 17.9 Å². The summed E-state index contributed by atoms with van der Waals surface area (Å²) in [5.41, 5.74) is 0.621. The van der Waals surface area contributed by atoms with E-state index in [2.05, 4.69) is 15.3 Å². The van der Waals surface area contributed by atoms with Gasteiger partial charge in [0.25, 0.3) is 5.91 Å². The standard InChI is InChI=1S/C16H18N4O2/c1-12-10-18-7-8-20(12)16(21)13-3-2-4-14(9-13)22-15-11-17-5-6-19-15/h2-6,9,11-12,18H,7-8,10H2,1H3/t12-/m1/s1. The molecule has 0 aliphatic carbocycles. The molecule has 1 amide bonds. The molecule has 1 aliphatic rings. The highest BCUT2D eigenvalue weighted by Gasteiger charge is 2.24. The third-order valence-corrected chi connectivity index (χ3v) is 3.61. The van der Waals surface area contributed by atoms with Crippen molar-refractivity contribution in [2.24, 2.45) is 0 Å². The SMILES string of the molecule is C[C@@H]1CNCCN1C(=O)c1cccc(Oc2cnccn2)c1. The topological polar surface area (TPSA) is 67.4 Å². The molecule has 1 aromatic heterocycles. The van der Waals surface area contributed by atoms with Crippen LogP contribution in [0.3, 0.4) is 0 Å². The molecule has 2 aromatic rings. The van der Waals surface area contributed by atoms with E-state index in [4.69, 9.17) is 4.74 Å². The van der Waals surface area contributed by atoms with Gasteiger partial charge in [0.15, 0.2) is 0 Å². The molecule has 0 spiro atoms. The Morgan fingerprint density at radius 2 is 2.32 bits per heavy atom. The van der Waals surface area contributed by atoms with Crippen molar-refractivity contribution in [3.8, 4) is 11.6 Å². The Morgan fingerprint density at radius 1 is 1.41 bits per heavy atom. The first-order chi connectivity index (χ1) is 10.7. The van der Waals surface area contributed by atoms with Gasteiger partial charge in [0.1, 0.15) is 5.75 Å². The number of carbonyl (C=O) groups excluding carboxylic acids is 1. The van der Waals surface area contributed by atoms with Crippen molar-refractivity contribution < 1.29 is 9.53 Å². The van der Waals surface area contributed by atoms with Crippen molar-refractivity contribution in [3.63, 3.8) is 0 Å². The Labute approximate surface area is 129 Å². The van der Waals surface area contributed by atoms with E-state index >= 15 is 0 Å². The molecule has 6 nitrogen and oxygen atoms in total. The average Bonchev–Trinajstić information content (AvgIpc) is 2.56. The molecule has 1 atom stereocenters. The third kappa shape index (κ3) is 3.23. The largest absolute Gasteiger partial charge is 0.437 e. The van der Waals surface area contributed by atoms with E-state index in [0.29, 0.717) is 17.2 Å². The number of aromatic nitrogens is 2. The highest BCUT2D eigenvalue weighted by Crippen LogP contribution is 2.21. The van der Waals surface area contributed by atoms with Gasteiger partial charge < -0.3 is 15.0 Å². The summed E-state index contributed by atoms with van der Waals surface area (Å²) in [5, 5.41) is 3.28. The van der Waals surface area contributed by atoms with Gasteiger partial charge in [0, 0.05) is 43.6 Å². The molecule has 0 unspecified atom stereocenters. The quantitative estimate of drug-likeness (QED) is 0.934. The van der Waals surface area contributed by atoms with Crippen LogP contribution in [0.25, 0.3) is 0 Å². The van der Waals surface area contributed by atoms with E-state index < -0.39 is 0 Å². The fraction of sp³-hybridized carbons (Fsp3) is 0.312. The highest BCUT2D eigenvalue weighted by molar-refractivity contribution is 5.94. The summed E-state index contributed by atoms with van der Waals surface area (Å²) in [4.78, 5) is 22.5. The number of hydrogen-bond acceptors (Lipinski definition) is 5. The Kier molecular flexibility index (Phi) is 4.29. The van der Waals surface area contributed by atoms with Crippen molar-refractivity contribution in [3.05, 3.63) is 48.4 Å². The third-order valence-electron chi connectivity index (χ3n) is 3.61. The Bertz CT molecular complexity index is 648. The molecule has 0 saturated carbocycles. The molecule has 2 heterocycles. The molecule has 1 aliphatic heterocycles. The molecule has 1 N–H and O–H groups in total. The van der Waals surface area contributed by atoms with Crippen LogP contribution in [0.2, 0.25) is 0 Å². The van der Waals surface area contributed by atoms with Crippen molar-refractivity contribution in [1.82, 2.24) is 20.2 Å².